The number of halogens is 4. The summed E-state index contributed by atoms with van der Waals surface area (Å²) in [6, 6.07) is 2.55. The van der Waals surface area contributed by atoms with E-state index in [2.05, 4.69) is 4.98 Å². The van der Waals surface area contributed by atoms with Gasteiger partial charge < -0.3 is 4.74 Å². The summed E-state index contributed by atoms with van der Waals surface area (Å²) in [5.41, 5.74) is -0.379. The van der Waals surface area contributed by atoms with Crippen LogP contribution in [0.15, 0.2) is 12.1 Å². The van der Waals surface area contributed by atoms with E-state index in [4.69, 9.17) is 4.74 Å². The van der Waals surface area contributed by atoms with Crippen LogP contribution >= 0.6 is 0 Å². The zero-order chi connectivity index (χ0) is 21.4. The molecule has 2 aromatic rings. The van der Waals surface area contributed by atoms with Crippen molar-refractivity contribution in [2.45, 2.75) is 57.8 Å². The Morgan fingerprint density at radius 2 is 2.00 bits per heavy atom. The van der Waals surface area contributed by atoms with Crippen molar-refractivity contribution < 1.29 is 31.9 Å². The van der Waals surface area contributed by atoms with Crippen LogP contribution in [0, 0.1) is 5.92 Å². The number of rotatable bonds is 6. The topological polar surface area (TPSA) is 60.7 Å². The Morgan fingerprint density at radius 3 is 2.55 bits per heavy atom. The van der Waals surface area contributed by atoms with E-state index >= 15 is 0 Å². The van der Waals surface area contributed by atoms with Crippen molar-refractivity contribution in [3.8, 4) is 0 Å². The molecule has 0 N–H and O–H groups in total. The van der Waals surface area contributed by atoms with Gasteiger partial charge in [-0.3, -0.25) is 9.20 Å². The predicted octanol–water partition coefficient (Wildman–Crippen LogP) is 4.80. The highest BCUT2D eigenvalue weighted by atomic mass is 19.3. The first-order chi connectivity index (χ1) is 13.6. The third kappa shape index (κ3) is 4.43. The highest BCUT2D eigenvalue weighted by molar-refractivity contribution is 5.92. The number of fused-ring (bicyclic) bond motifs is 1. The number of ether oxygens (including phenoxy) is 1. The van der Waals surface area contributed by atoms with Crippen LogP contribution in [-0.2, 0) is 17.1 Å². The average Bonchev–Trinajstić information content (AvgIpc) is 3.02. The quantitative estimate of drug-likeness (QED) is 0.387. The van der Waals surface area contributed by atoms with E-state index in [1.54, 1.807) is 6.92 Å². The number of hydrogen-bond acceptors (Lipinski definition) is 4. The normalized spacial score (nSPS) is 17.4. The molecular weight excluding hydrogens is 392 g/mol. The molecule has 0 saturated heterocycles. The fourth-order valence-corrected chi connectivity index (χ4v) is 3.80. The summed E-state index contributed by atoms with van der Waals surface area (Å²) in [6.45, 7) is 2.43. The van der Waals surface area contributed by atoms with Gasteiger partial charge in [-0.25, -0.2) is 18.6 Å². The van der Waals surface area contributed by atoms with E-state index in [0.29, 0.717) is 13.2 Å². The van der Waals surface area contributed by atoms with E-state index in [1.807, 2.05) is 0 Å². The van der Waals surface area contributed by atoms with Gasteiger partial charge in [0.1, 0.15) is 11.3 Å². The number of alkyl halides is 4. The number of aromatic nitrogens is 2. The second kappa shape index (κ2) is 7.76. The Morgan fingerprint density at radius 1 is 1.34 bits per heavy atom. The molecule has 1 aliphatic carbocycles. The van der Waals surface area contributed by atoms with Gasteiger partial charge in [0.15, 0.2) is 6.29 Å². The van der Waals surface area contributed by atoms with Crippen LogP contribution in [-0.4, -0.2) is 34.2 Å². The highest BCUT2D eigenvalue weighted by Gasteiger charge is 2.38. The second-order valence-corrected chi connectivity index (χ2v) is 7.50. The van der Waals surface area contributed by atoms with Crippen molar-refractivity contribution in [3.63, 3.8) is 0 Å². The summed E-state index contributed by atoms with van der Waals surface area (Å²) in [5.74, 6) is -6.94. The van der Waals surface area contributed by atoms with Crippen molar-refractivity contribution >= 4 is 17.9 Å². The summed E-state index contributed by atoms with van der Waals surface area (Å²) in [6.07, 6.45) is 0.362. The van der Waals surface area contributed by atoms with Crippen molar-refractivity contribution in [2.75, 3.05) is 6.61 Å². The summed E-state index contributed by atoms with van der Waals surface area (Å²) >= 11 is 0. The molecule has 0 aromatic carbocycles. The molecule has 0 atom stereocenters. The third-order valence-electron chi connectivity index (χ3n) is 5.21. The van der Waals surface area contributed by atoms with Gasteiger partial charge in [0.2, 0.25) is 5.92 Å². The van der Waals surface area contributed by atoms with Crippen molar-refractivity contribution in [2.24, 2.45) is 5.92 Å². The van der Waals surface area contributed by atoms with E-state index in [1.165, 1.54) is 16.5 Å². The molecule has 0 amide bonds. The molecule has 0 spiro atoms. The van der Waals surface area contributed by atoms with Gasteiger partial charge in [0, 0.05) is 19.8 Å². The van der Waals surface area contributed by atoms with E-state index in [0.717, 1.165) is 0 Å². The Balaban J connectivity index is 2.09. The lowest BCUT2D eigenvalue weighted by Gasteiger charge is -2.28. The molecule has 0 bridgehead atoms. The monoisotopic (exact) mass is 414 g/mol. The van der Waals surface area contributed by atoms with E-state index < -0.39 is 23.5 Å². The molecule has 3 rings (SSSR count). The van der Waals surface area contributed by atoms with Crippen LogP contribution < -0.4 is 0 Å². The van der Waals surface area contributed by atoms with E-state index in [-0.39, 0.29) is 67.2 Å². The number of carbonyl (C=O) groups is 2. The molecule has 0 unspecified atom stereocenters. The van der Waals surface area contributed by atoms with Crippen molar-refractivity contribution in [1.82, 2.24) is 9.38 Å². The van der Waals surface area contributed by atoms with Gasteiger partial charge in [0.25, 0.3) is 5.92 Å². The molecular formula is C20H22F4N2O3. The molecule has 2 heterocycles. The maximum Gasteiger partial charge on any atom is 0.338 e. The first-order valence-corrected chi connectivity index (χ1v) is 9.49. The van der Waals surface area contributed by atoms with Gasteiger partial charge >= 0.3 is 5.97 Å². The smallest absolute Gasteiger partial charge is 0.338 e. The maximum absolute atomic E-state index is 14.3. The van der Waals surface area contributed by atoms with Crippen LogP contribution in [0.1, 0.15) is 71.8 Å². The zero-order valence-corrected chi connectivity index (χ0v) is 16.2. The van der Waals surface area contributed by atoms with Crippen LogP contribution in [0.3, 0.4) is 0 Å². The maximum atomic E-state index is 14.3. The zero-order valence-electron chi connectivity index (χ0n) is 16.2. The van der Waals surface area contributed by atoms with Gasteiger partial charge in [-0.05, 0) is 44.2 Å². The molecule has 0 radical (unpaired) electrons. The molecule has 2 aromatic heterocycles. The second-order valence-electron chi connectivity index (χ2n) is 7.50. The third-order valence-corrected chi connectivity index (χ3v) is 5.21. The molecule has 0 aliphatic heterocycles. The SMILES string of the molecule is CCOC(=O)c1cc(C=O)n2c(CC3CCC(F)(F)CC3)c(C(C)(F)F)nc2c1. The summed E-state index contributed by atoms with van der Waals surface area (Å²) in [7, 11) is 0. The molecule has 1 aliphatic rings. The highest BCUT2D eigenvalue weighted by Crippen LogP contribution is 2.39. The van der Waals surface area contributed by atoms with Crippen molar-refractivity contribution in [3.05, 3.63) is 34.8 Å². The van der Waals surface area contributed by atoms with Crippen LogP contribution in [0.25, 0.3) is 5.65 Å². The Bertz CT molecular complexity index is 924. The number of imidazole rings is 1. The van der Waals surface area contributed by atoms with Crippen LogP contribution in [0.2, 0.25) is 0 Å². The molecule has 9 heteroatoms. The van der Waals surface area contributed by atoms with Gasteiger partial charge in [-0.15, -0.1) is 0 Å². The Kier molecular flexibility index (Phi) is 5.69. The number of hydrogen-bond donors (Lipinski definition) is 0. The fourth-order valence-electron chi connectivity index (χ4n) is 3.80. The van der Waals surface area contributed by atoms with Gasteiger partial charge in [0.05, 0.1) is 23.6 Å². The van der Waals surface area contributed by atoms with Crippen molar-refractivity contribution in [1.29, 1.82) is 0 Å². The average molecular weight is 414 g/mol. The lowest BCUT2D eigenvalue weighted by Crippen LogP contribution is -2.26. The molecule has 5 nitrogen and oxygen atoms in total. The van der Waals surface area contributed by atoms with Crippen LogP contribution in [0.5, 0.6) is 0 Å². The predicted molar refractivity (Wildman–Crippen MR) is 96.7 cm³/mol. The molecule has 1 fully saturated rings. The number of aldehydes is 1. The number of esters is 1. The Hall–Kier alpha value is -2.45. The summed E-state index contributed by atoms with van der Waals surface area (Å²) < 4.78 is 61.6. The molecule has 158 valence electrons. The fraction of sp³-hybridized carbons (Fsp3) is 0.550. The number of pyridine rings is 1. The Labute approximate surface area is 165 Å². The standard InChI is InChI=1S/C20H22F4N2O3/c1-3-29-18(28)13-9-14(11-27)26-15(8-12-4-6-20(23,24)7-5-12)17(19(2,21)22)25-16(26)10-13/h9-12H,3-8H2,1-2H3. The lowest BCUT2D eigenvalue weighted by molar-refractivity contribution is -0.0460. The minimum atomic E-state index is -3.30. The molecule has 1 saturated carbocycles. The largest absolute Gasteiger partial charge is 0.462 e. The first kappa shape index (κ1) is 21.3. The summed E-state index contributed by atoms with van der Waals surface area (Å²) in [5, 5.41) is 0. The van der Waals surface area contributed by atoms with E-state index in [9.17, 15) is 27.2 Å². The minimum Gasteiger partial charge on any atom is -0.462 e. The number of nitrogens with zero attached hydrogens (tertiary/aromatic N) is 2. The lowest BCUT2D eigenvalue weighted by atomic mass is 9.83. The van der Waals surface area contributed by atoms with Gasteiger partial charge in [-0.2, -0.15) is 8.78 Å². The number of carbonyl (C=O) groups excluding carboxylic acids is 2. The first-order valence-electron chi connectivity index (χ1n) is 9.49. The van der Waals surface area contributed by atoms with Crippen LogP contribution in [0.4, 0.5) is 17.6 Å². The van der Waals surface area contributed by atoms with Gasteiger partial charge in [-0.1, -0.05) is 0 Å². The summed E-state index contributed by atoms with van der Waals surface area (Å²) in [4.78, 5) is 27.7. The minimum absolute atomic E-state index is 0.0188. The molecule has 29 heavy (non-hydrogen) atoms.